The summed E-state index contributed by atoms with van der Waals surface area (Å²) in [6, 6.07) is 12.4. The zero-order valence-electron chi connectivity index (χ0n) is 14.2. The molecule has 4 nitrogen and oxygen atoms in total. The second-order valence-corrected chi connectivity index (χ2v) is 7.02. The van der Waals surface area contributed by atoms with Crippen molar-refractivity contribution in [2.45, 2.75) is 19.9 Å². The fourth-order valence-electron chi connectivity index (χ4n) is 2.69. The van der Waals surface area contributed by atoms with Gasteiger partial charge in [0.15, 0.2) is 5.82 Å². The van der Waals surface area contributed by atoms with Gasteiger partial charge in [0.2, 0.25) is 0 Å². The summed E-state index contributed by atoms with van der Waals surface area (Å²) in [4.78, 5) is 15.8. The normalized spacial score (nSPS) is 11.0. The number of fused-ring (bicyclic) bond motifs is 1. The Hall–Kier alpha value is -2.86. The number of rotatable bonds is 5. The van der Waals surface area contributed by atoms with E-state index in [2.05, 4.69) is 23.3 Å². The van der Waals surface area contributed by atoms with Crippen molar-refractivity contribution in [1.29, 1.82) is 0 Å². The summed E-state index contributed by atoms with van der Waals surface area (Å²) in [5.41, 5.74) is 1.87. The van der Waals surface area contributed by atoms with Crippen LogP contribution in [-0.4, -0.2) is 15.0 Å². The summed E-state index contributed by atoms with van der Waals surface area (Å²) in [5, 5.41) is 4.40. The number of aromatic nitrogens is 3. The molecule has 6 heteroatoms. The van der Waals surface area contributed by atoms with Crippen LogP contribution in [0.5, 0.6) is 0 Å². The molecule has 0 saturated heterocycles. The molecule has 3 heterocycles. The largest absolute Gasteiger partial charge is 0.365 e. The van der Waals surface area contributed by atoms with Gasteiger partial charge in [0.05, 0.1) is 5.39 Å². The second-order valence-electron chi connectivity index (χ2n) is 5.90. The summed E-state index contributed by atoms with van der Waals surface area (Å²) >= 11 is 1.68. The van der Waals surface area contributed by atoms with E-state index in [9.17, 15) is 4.39 Å². The second kappa shape index (κ2) is 7.17. The third-order valence-electron chi connectivity index (χ3n) is 4.09. The maximum absolute atomic E-state index is 13.1. The maximum atomic E-state index is 13.1. The topological polar surface area (TPSA) is 50.7 Å². The van der Waals surface area contributed by atoms with Crippen molar-refractivity contribution in [3.8, 4) is 11.4 Å². The molecule has 3 aromatic heterocycles. The van der Waals surface area contributed by atoms with Crippen LogP contribution in [0.1, 0.15) is 17.4 Å². The van der Waals surface area contributed by atoms with Crippen LogP contribution in [0.4, 0.5) is 10.2 Å². The molecule has 0 spiro atoms. The molecular weight excluding hydrogens is 347 g/mol. The minimum Gasteiger partial charge on any atom is -0.365 e. The summed E-state index contributed by atoms with van der Waals surface area (Å²) < 4.78 is 13.1. The highest BCUT2D eigenvalue weighted by molar-refractivity contribution is 7.18. The van der Waals surface area contributed by atoms with Crippen LogP contribution in [0, 0.1) is 5.82 Å². The monoisotopic (exact) mass is 364 g/mol. The molecule has 0 aliphatic rings. The van der Waals surface area contributed by atoms with Crippen LogP contribution in [-0.2, 0) is 13.0 Å². The highest BCUT2D eigenvalue weighted by Crippen LogP contribution is 2.31. The number of halogens is 1. The van der Waals surface area contributed by atoms with Gasteiger partial charge in [-0.1, -0.05) is 19.1 Å². The van der Waals surface area contributed by atoms with E-state index in [0.717, 1.165) is 33.6 Å². The number of aryl methyl sites for hydroxylation is 1. The van der Waals surface area contributed by atoms with Gasteiger partial charge in [-0.3, -0.25) is 4.98 Å². The molecule has 130 valence electrons. The highest BCUT2D eigenvalue weighted by atomic mass is 32.1. The zero-order chi connectivity index (χ0) is 17.9. The Bertz CT molecular complexity index is 1030. The predicted molar refractivity (Wildman–Crippen MR) is 104 cm³/mol. The number of nitrogens with one attached hydrogen (secondary N) is 1. The van der Waals surface area contributed by atoms with E-state index in [1.165, 1.54) is 17.0 Å². The van der Waals surface area contributed by atoms with E-state index >= 15 is 0 Å². The lowest BCUT2D eigenvalue weighted by Gasteiger charge is -2.09. The molecule has 1 N–H and O–H groups in total. The molecule has 0 unspecified atom stereocenters. The number of hydrogen-bond donors (Lipinski definition) is 1. The van der Waals surface area contributed by atoms with E-state index in [1.807, 2.05) is 12.1 Å². The first-order chi connectivity index (χ1) is 12.7. The molecular formula is C20H17FN4S. The van der Waals surface area contributed by atoms with E-state index in [-0.39, 0.29) is 5.82 Å². The first-order valence-electron chi connectivity index (χ1n) is 8.42. The van der Waals surface area contributed by atoms with Crippen molar-refractivity contribution in [3.63, 3.8) is 0 Å². The van der Waals surface area contributed by atoms with Crippen LogP contribution < -0.4 is 5.32 Å². The third-order valence-corrected chi connectivity index (χ3v) is 5.26. The lowest BCUT2D eigenvalue weighted by atomic mass is 10.2. The molecule has 0 amide bonds. The maximum Gasteiger partial charge on any atom is 0.164 e. The van der Waals surface area contributed by atoms with Gasteiger partial charge in [-0.15, -0.1) is 11.3 Å². The summed E-state index contributed by atoms with van der Waals surface area (Å²) in [6.45, 7) is 2.70. The van der Waals surface area contributed by atoms with Gasteiger partial charge in [0.1, 0.15) is 16.5 Å². The van der Waals surface area contributed by atoms with Gasteiger partial charge in [-0.25, -0.2) is 14.4 Å². The number of benzene rings is 1. The first-order valence-corrected chi connectivity index (χ1v) is 9.24. The molecule has 0 aliphatic heterocycles. The fourth-order valence-corrected chi connectivity index (χ4v) is 3.66. The summed E-state index contributed by atoms with van der Waals surface area (Å²) in [7, 11) is 0. The van der Waals surface area contributed by atoms with Crippen molar-refractivity contribution in [2.75, 3.05) is 5.32 Å². The minimum absolute atomic E-state index is 0.234. The standard InChI is InChI=1S/C20H17FN4S/c1-2-16-10-17-19(23-11-13-5-7-15(21)8-6-13)24-18(25-20(17)26-16)14-4-3-9-22-12-14/h3-10,12H,2,11H2,1H3,(H,23,24,25). The lowest BCUT2D eigenvalue weighted by molar-refractivity contribution is 0.627. The smallest absolute Gasteiger partial charge is 0.164 e. The average Bonchev–Trinajstić information content (AvgIpc) is 3.11. The molecule has 0 bridgehead atoms. The Morgan fingerprint density at radius 1 is 1.12 bits per heavy atom. The van der Waals surface area contributed by atoms with Crippen LogP contribution in [0.25, 0.3) is 21.6 Å². The Labute approximate surface area is 154 Å². The SMILES string of the molecule is CCc1cc2c(NCc3ccc(F)cc3)nc(-c3cccnc3)nc2s1. The molecule has 0 atom stereocenters. The quantitative estimate of drug-likeness (QED) is 0.537. The summed E-state index contributed by atoms with van der Waals surface area (Å²) in [5.74, 6) is 1.20. The Morgan fingerprint density at radius 3 is 2.69 bits per heavy atom. The highest BCUT2D eigenvalue weighted by Gasteiger charge is 2.12. The van der Waals surface area contributed by atoms with Crippen LogP contribution in [0.15, 0.2) is 54.9 Å². The Balaban J connectivity index is 1.73. The van der Waals surface area contributed by atoms with Crippen LogP contribution in [0.2, 0.25) is 0 Å². The number of hydrogen-bond acceptors (Lipinski definition) is 5. The molecule has 0 fully saturated rings. The first kappa shape index (κ1) is 16.6. The third kappa shape index (κ3) is 3.41. The van der Waals surface area contributed by atoms with Gasteiger partial charge in [0, 0.05) is 29.4 Å². The predicted octanol–water partition coefficient (Wildman–Crippen LogP) is 5.07. The molecule has 0 aliphatic carbocycles. The molecule has 0 radical (unpaired) electrons. The van der Waals surface area contributed by atoms with Gasteiger partial charge < -0.3 is 5.32 Å². The van der Waals surface area contributed by atoms with Crippen LogP contribution in [0.3, 0.4) is 0 Å². The molecule has 1 aromatic carbocycles. The van der Waals surface area contributed by atoms with Gasteiger partial charge in [-0.2, -0.15) is 0 Å². The number of anilines is 1. The van der Waals surface area contributed by atoms with Gasteiger partial charge in [-0.05, 0) is 42.3 Å². The van der Waals surface area contributed by atoms with Crippen molar-refractivity contribution < 1.29 is 4.39 Å². The Kier molecular flexibility index (Phi) is 4.58. The van der Waals surface area contributed by atoms with E-state index in [4.69, 9.17) is 9.97 Å². The molecule has 4 rings (SSSR count). The number of nitrogens with zero attached hydrogens (tertiary/aromatic N) is 3. The van der Waals surface area contributed by atoms with Crippen molar-refractivity contribution >= 4 is 27.4 Å². The van der Waals surface area contributed by atoms with Crippen molar-refractivity contribution in [3.05, 3.63) is 71.1 Å². The zero-order valence-corrected chi connectivity index (χ0v) is 15.1. The van der Waals surface area contributed by atoms with E-state index < -0.39 is 0 Å². The number of thiophene rings is 1. The van der Waals surface area contributed by atoms with Crippen molar-refractivity contribution in [2.24, 2.45) is 0 Å². The lowest BCUT2D eigenvalue weighted by Crippen LogP contribution is -2.03. The van der Waals surface area contributed by atoms with Crippen molar-refractivity contribution in [1.82, 2.24) is 15.0 Å². The molecule has 0 saturated carbocycles. The summed E-state index contributed by atoms with van der Waals surface area (Å²) in [6.07, 6.45) is 4.45. The Morgan fingerprint density at radius 2 is 1.96 bits per heavy atom. The van der Waals surface area contributed by atoms with Gasteiger partial charge >= 0.3 is 0 Å². The van der Waals surface area contributed by atoms with Gasteiger partial charge in [0.25, 0.3) is 0 Å². The average molecular weight is 364 g/mol. The minimum atomic E-state index is -0.234. The van der Waals surface area contributed by atoms with E-state index in [1.54, 1.807) is 35.9 Å². The van der Waals surface area contributed by atoms with E-state index in [0.29, 0.717) is 12.4 Å². The molecule has 26 heavy (non-hydrogen) atoms. The van der Waals surface area contributed by atoms with Crippen LogP contribution >= 0.6 is 11.3 Å². The fraction of sp³-hybridized carbons (Fsp3) is 0.150. The molecule has 4 aromatic rings. The number of pyridine rings is 1.